The molecule has 3 rings (SSSR count). The Hall–Kier alpha value is -1.68. The van der Waals surface area contributed by atoms with Gasteiger partial charge in [0, 0.05) is 0 Å². The third-order valence-corrected chi connectivity index (χ3v) is 4.66. The topological polar surface area (TPSA) is 64.9 Å². The molecule has 4 heteroatoms. The fourth-order valence-corrected chi connectivity index (χ4v) is 3.31. The molecule has 1 heterocycles. The number of aromatic nitrogens is 2. The first-order valence-corrected chi connectivity index (χ1v) is 7.91. The highest BCUT2D eigenvalue weighted by molar-refractivity contribution is 5.33. The molecule has 1 aliphatic rings. The zero-order valence-electron chi connectivity index (χ0n) is 12.6. The molecule has 1 atom stereocenters. The van der Waals surface area contributed by atoms with Crippen molar-refractivity contribution in [2.45, 2.75) is 56.9 Å². The third kappa shape index (κ3) is 2.60. The minimum absolute atomic E-state index is 0.102. The van der Waals surface area contributed by atoms with Gasteiger partial charge in [-0.25, -0.2) is 0 Å². The Bertz CT molecular complexity index is 573. The summed E-state index contributed by atoms with van der Waals surface area (Å²) in [7, 11) is 0. The van der Waals surface area contributed by atoms with Gasteiger partial charge in [0.15, 0.2) is 5.82 Å². The minimum atomic E-state index is -0.164. The molecule has 1 aromatic heterocycles. The quantitative estimate of drug-likeness (QED) is 0.929. The summed E-state index contributed by atoms with van der Waals surface area (Å²) in [6.07, 6.45) is 6.67. The van der Waals surface area contributed by atoms with Gasteiger partial charge in [-0.2, -0.15) is 4.98 Å². The molecule has 112 valence electrons. The van der Waals surface area contributed by atoms with E-state index in [1.54, 1.807) is 0 Å². The lowest BCUT2D eigenvalue weighted by molar-refractivity contribution is 0.304. The zero-order chi connectivity index (χ0) is 14.7. The number of hydrogen-bond donors (Lipinski definition) is 1. The fraction of sp³-hybridized carbons (Fsp3) is 0.529. The second-order valence-electron chi connectivity index (χ2n) is 5.98. The van der Waals surface area contributed by atoms with Crippen LogP contribution in [0.15, 0.2) is 34.9 Å². The number of rotatable bonds is 4. The summed E-state index contributed by atoms with van der Waals surface area (Å²) in [4.78, 5) is 4.65. The van der Waals surface area contributed by atoms with E-state index in [0.29, 0.717) is 5.89 Å². The van der Waals surface area contributed by atoms with Gasteiger partial charge in [0.25, 0.3) is 0 Å². The highest BCUT2D eigenvalue weighted by atomic mass is 16.5. The maximum absolute atomic E-state index is 6.02. The maximum Gasteiger partial charge on any atom is 0.243 e. The lowest BCUT2D eigenvalue weighted by atomic mass is 9.69. The van der Waals surface area contributed by atoms with Gasteiger partial charge < -0.3 is 10.3 Å². The Morgan fingerprint density at radius 2 is 1.90 bits per heavy atom. The summed E-state index contributed by atoms with van der Waals surface area (Å²) in [6, 6.07) is 10.4. The summed E-state index contributed by atoms with van der Waals surface area (Å²) < 4.78 is 5.43. The van der Waals surface area contributed by atoms with E-state index in [-0.39, 0.29) is 11.5 Å². The van der Waals surface area contributed by atoms with Crippen molar-refractivity contribution in [2.75, 3.05) is 0 Å². The standard InChI is InChI=1S/C17H23N3O/c1-2-14(18)15-19-16(20-21-15)17(11-7-4-8-12-17)13-9-5-3-6-10-13/h3,5-6,9-10,14H,2,4,7-8,11-12,18H2,1H3/t14-/m0/s1. The predicted molar refractivity (Wildman–Crippen MR) is 81.8 cm³/mol. The van der Waals surface area contributed by atoms with E-state index < -0.39 is 0 Å². The Morgan fingerprint density at radius 3 is 2.57 bits per heavy atom. The van der Waals surface area contributed by atoms with Crippen LogP contribution in [0.3, 0.4) is 0 Å². The first-order valence-electron chi connectivity index (χ1n) is 7.91. The van der Waals surface area contributed by atoms with Gasteiger partial charge in [0.1, 0.15) is 0 Å². The van der Waals surface area contributed by atoms with E-state index in [0.717, 1.165) is 25.1 Å². The average Bonchev–Trinajstić information content (AvgIpc) is 3.06. The molecule has 0 bridgehead atoms. The minimum Gasteiger partial charge on any atom is -0.338 e. The van der Waals surface area contributed by atoms with Crippen LogP contribution in [0.2, 0.25) is 0 Å². The molecule has 0 saturated heterocycles. The van der Waals surface area contributed by atoms with Gasteiger partial charge in [-0.05, 0) is 24.8 Å². The van der Waals surface area contributed by atoms with Gasteiger partial charge in [-0.1, -0.05) is 61.7 Å². The van der Waals surface area contributed by atoms with Crippen LogP contribution in [-0.2, 0) is 5.41 Å². The molecule has 0 unspecified atom stereocenters. The van der Waals surface area contributed by atoms with Crippen LogP contribution in [0.1, 0.15) is 68.8 Å². The van der Waals surface area contributed by atoms with E-state index >= 15 is 0 Å². The van der Waals surface area contributed by atoms with Crippen LogP contribution < -0.4 is 5.73 Å². The van der Waals surface area contributed by atoms with Crippen molar-refractivity contribution < 1.29 is 4.52 Å². The maximum atomic E-state index is 6.02. The number of benzene rings is 1. The lowest BCUT2D eigenvalue weighted by Gasteiger charge is -2.35. The molecule has 1 aliphatic carbocycles. The molecule has 0 aliphatic heterocycles. The lowest BCUT2D eigenvalue weighted by Crippen LogP contribution is -2.31. The van der Waals surface area contributed by atoms with Gasteiger partial charge in [-0.15, -0.1) is 0 Å². The molecule has 0 spiro atoms. The third-order valence-electron chi connectivity index (χ3n) is 4.66. The van der Waals surface area contributed by atoms with Crippen LogP contribution in [0.5, 0.6) is 0 Å². The van der Waals surface area contributed by atoms with E-state index in [9.17, 15) is 0 Å². The summed E-state index contributed by atoms with van der Waals surface area (Å²) in [5.41, 5.74) is 7.21. The molecule has 1 fully saturated rings. The second-order valence-corrected chi connectivity index (χ2v) is 5.98. The first kappa shape index (κ1) is 14.3. The van der Waals surface area contributed by atoms with Gasteiger partial charge in [-0.3, -0.25) is 0 Å². The van der Waals surface area contributed by atoms with Crippen LogP contribution in [-0.4, -0.2) is 10.1 Å². The Balaban J connectivity index is 2.02. The average molecular weight is 285 g/mol. The number of nitrogens with two attached hydrogens (primary N) is 1. The molecule has 2 N–H and O–H groups in total. The summed E-state index contributed by atoms with van der Waals surface area (Å²) >= 11 is 0. The Morgan fingerprint density at radius 1 is 1.19 bits per heavy atom. The van der Waals surface area contributed by atoms with Crippen LogP contribution >= 0.6 is 0 Å². The van der Waals surface area contributed by atoms with Crippen molar-refractivity contribution in [3.8, 4) is 0 Å². The number of nitrogens with zero attached hydrogens (tertiary/aromatic N) is 2. The van der Waals surface area contributed by atoms with E-state index in [2.05, 4.69) is 40.5 Å². The molecule has 0 radical (unpaired) electrons. The first-order chi connectivity index (χ1) is 10.3. The van der Waals surface area contributed by atoms with Crippen molar-refractivity contribution in [3.05, 3.63) is 47.6 Å². The molecule has 0 amide bonds. The zero-order valence-corrected chi connectivity index (χ0v) is 12.6. The van der Waals surface area contributed by atoms with Crippen LogP contribution in [0.25, 0.3) is 0 Å². The Kier molecular flexibility index (Phi) is 4.06. The predicted octanol–water partition coefficient (Wildman–Crippen LogP) is 3.73. The van der Waals surface area contributed by atoms with Gasteiger partial charge >= 0.3 is 0 Å². The molecular formula is C17H23N3O. The summed E-state index contributed by atoms with van der Waals surface area (Å²) in [5, 5.41) is 4.29. The SMILES string of the molecule is CC[C@H](N)c1nc(C2(c3ccccc3)CCCCC2)no1. The van der Waals surface area contributed by atoms with Crippen molar-refractivity contribution in [3.63, 3.8) is 0 Å². The van der Waals surface area contributed by atoms with Crippen molar-refractivity contribution >= 4 is 0 Å². The smallest absolute Gasteiger partial charge is 0.243 e. The van der Waals surface area contributed by atoms with E-state index in [1.807, 2.05) is 6.92 Å². The molecule has 4 nitrogen and oxygen atoms in total. The van der Waals surface area contributed by atoms with E-state index in [1.165, 1.54) is 24.8 Å². The summed E-state index contributed by atoms with van der Waals surface area (Å²) in [6.45, 7) is 2.03. The highest BCUT2D eigenvalue weighted by Crippen LogP contribution is 2.43. The van der Waals surface area contributed by atoms with Gasteiger partial charge in [0.2, 0.25) is 5.89 Å². The van der Waals surface area contributed by atoms with Crippen molar-refractivity contribution in [1.29, 1.82) is 0 Å². The molecule has 21 heavy (non-hydrogen) atoms. The monoisotopic (exact) mass is 285 g/mol. The Labute approximate surface area is 125 Å². The highest BCUT2D eigenvalue weighted by Gasteiger charge is 2.40. The fourth-order valence-electron chi connectivity index (χ4n) is 3.31. The van der Waals surface area contributed by atoms with Crippen molar-refractivity contribution in [2.24, 2.45) is 5.73 Å². The molecular weight excluding hydrogens is 262 g/mol. The molecule has 1 aromatic carbocycles. The van der Waals surface area contributed by atoms with Crippen LogP contribution in [0.4, 0.5) is 0 Å². The number of hydrogen-bond acceptors (Lipinski definition) is 4. The second kappa shape index (κ2) is 5.98. The van der Waals surface area contributed by atoms with Crippen molar-refractivity contribution in [1.82, 2.24) is 10.1 Å². The summed E-state index contributed by atoms with van der Waals surface area (Å²) in [5.74, 6) is 1.38. The van der Waals surface area contributed by atoms with Crippen LogP contribution in [0, 0.1) is 0 Å². The van der Waals surface area contributed by atoms with Gasteiger partial charge in [0.05, 0.1) is 11.5 Å². The normalized spacial score (nSPS) is 19.3. The largest absolute Gasteiger partial charge is 0.338 e. The molecule has 2 aromatic rings. The van der Waals surface area contributed by atoms with E-state index in [4.69, 9.17) is 10.3 Å². The molecule has 1 saturated carbocycles.